The lowest BCUT2D eigenvalue weighted by atomic mass is 9.67. The quantitative estimate of drug-likeness (QED) is 0.342. The Kier molecular flexibility index (Phi) is 8.95. The number of carbonyl (C=O) groups is 1. The number of halogens is 5. The lowest BCUT2D eigenvalue weighted by Crippen LogP contribution is -2.57. The molecule has 3 unspecified atom stereocenters. The summed E-state index contributed by atoms with van der Waals surface area (Å²) in [5, 5.41) is 3.67. The van der Waals surface area contributed by atoms with E-state index in [0.717, 1.165) is 11.1 Å². The molecular weight excluding hydrogens is 496 g/mol. The zero-order valence-corrected chi connectivity index (χ0v) is 21.4. The molecule has 0 aromatic heterocycles. The van der Waals surface area contributed by atoms with Crippen LogP contribution in [-0.2, 0) is 4.79 Å². The number of alkyl halides is 3. The van der Waals surface area contributed by atoms with E-state index in [1.54, 1.807) is 29.2 Å². The molecular formula is C27H31Cl2F3N2O. The minimum atomic E-state index is -4.33. The third-order valence-corrected chi connectivity index (χ3v) is 7.24. The van der Waals surface area contributed by atoms with E-state index in [0.29, 0.717) is 29.3 Å². The van der Waals surface area contributed by atoms with E-state index >= 15 is 0 Å². The fourth-order valence-electron chi connectivity index (χ4n) is 5.11. The van der Waals surface area contributed by atoms with Gasteiger partial charge in [0.15, 0.2) is 0 Å². The summed E-state index contributed by atoms with van der Waals surface area (Å²) >= 11 is 12.5. The minimum absolute atomic E-state index is 0.0261. The van der Waals surface area contributed by atoms with Gasteiger partial charge in [0.1, 0.15) is 0 Å². The lowest BCUT2D eigenvalue weighted by Gasteiger charge is -2.52. The van der Waals surface area contributed by atoms with E-state index in [1.807, 2.05) is 44.2 Å². The van der Waals surface area contributed by atoms with Crippen molar-refractivity contribution in [2.45, 2.75) is 57.3 Å². The third-order valence-electron chi connectivity index (χ3n) is 6.76. The van der Waals surface area contributed by atoms with Gasteiger partial charge in [-0.2, -0.15) is 13.2 Å². The summed E-state index contributed by atoms with van der Waals surface area (Å²) < 4.78 is 38.6. The number of piperidine rings is 1. The van der Waals surface area contributed by atoms with Gasteiger partial charge < -0.3 is 10.2 Å². The molecule has 1 saturated heterocycles. The number of carbonyl (C=O) groups excluding carboxylic acids is 1. The van der Waals surface area contributed by atoms with Crippen molar-refractivity contribution in [2.24, 2.45) is 5.41 Å². The van der Waals surface area contributed by atoms with Crippen LogP contribution in [0.25, 0.3) is 0 Å². The summed E-state index contributed by atoms with van der Waals surface area (Å²) in [7, 11) is 0. The molecule has 0 bridgehead atoms. The number of amides is 1. The fourth-order valence-corrected chi connectivity index (χ4v) is 5.43. The van der Waals surface area contributed by atoms with E-state index in [2.05, 4.69) is 11.9 Å². The number of nitrogens with zero attached hydrogens (tertiary/aromatic N) is 1. The maximum Gasteiger partial charge on any atom is 0.401 e. The van der Waals surface area contributed by atoms with Crippen molar-refractivity contribution in [3.8, 4) is 0 Å². The van der Waals surface area contributed by atoms with Crippen LogP contribution in [0, 0.1) is 5.41 Å². The zero-order chi connectivity index (χ0) is 25.8. The topological polar surface area (TPSA) is 32.3 Å². The highest BCUT2D eigenvalue weighted by Gasteiger charge is 2.50. The van der Waals surface area contributed by atoms with Crippen molar-refractivity contribution >= 4 is 29.1 Å². The smallest absolute Gasteiger partial charge is 0.330 e. The maximum absolute atomic E-state index is 14.1. The Balaban J connectivity index is 2.13. The standard InChI is InChI=1S/C27H31Cl2F3N2O/c1-4-13-26(3)15-23(19-7-6-8-21(29)14-19)24(18-9-11-20(28)12-10-18)34(25(26)35)22(5-2)16-33-17-27(30,31)32/h4,6-12,14,22-24,33H,1,5,13,15-17H2,2-3H3/t22?,23?,24?,26-/m0/s1. The Morgan fingerprint density at radius 1 is 1.17 bits per heavy atom. The third kappa shape index (κ3) is 6.60. The van der Waals surface area contributed by atoms with Crippen LogP contribution in [0.1, 0.15) is 56.2 Å². The van der Waals surface area contributed by atoms with Crippen LogP contribution >= 0.6 is 23.2 Å². The highest BCUT2D eigenvalue weighted by molar-refractivity contribution is 6.30. The van der Waals surface area contributed by atoms with Gasteiger partial charge in [0.2, 0.25) is 5.91 Å². The van der Waals surface area contributed by atoms with E-state index in [4.69, 9.17) is 23.2 Å². The van der Waals surface area contributed by atoms with E-state index in [1.165, 1.54) is 0 Å². The first kappa shape index (κ1) is 27.6. The van der Waals surface area contributed by atoms with E-state index < -0.39 is 30.2 Å². The molecule has 2 aromatic rings. The molecule has 0 aliphatic carbocycles. The molecule has 190 valence electrons. The van der Waals surface area contributed by atoms with Gasteiger partial charge in [0, 0.05) is 28.5 Å². The zero-order valence-electron chi connectivity index (χ0n) is 19.9. The van der Waals surface area contributed by atoms with Gasteiger partial charge in [0.05, 0.1) is 18.0 Å². The average molecular weight is 527 g/mol. The molecule has 1 N–H and O–H groups in total. The average Bonchev–Trinajstić information content (AvgIpc) is 2.79. The van der Waals surface area contributed by atoms with Gasteiger partial charge in [-0.15, -0.1) is 6.58 Å². The Bertz CT molecular complexity index is 1030. The Morgan fingerprint density at radius 3 is 2.43 bits per heavy atom. The second kappa shape index (κ2) is 11.4. The monoisotopic (exact) mass is 526 g/mol. The van der Waals surface area contributed by atoms with Gasteiger partial charge >= 0.3 is 6.18 Å². The Morgan fingerprint density at radius 2 is 1.86 bits per heavy atom. The molecule has 3 rings (SSSR count). The maximum atomic E-state index is 14.1. The van der Waals surface area contributed by atoms with Crippen LogP contribution in [0.3, 0.4) is 0 Å². The van der Waals surface area contributed by atoms with Crippen LogP contribution in [0.4, 0.5) is 13.2 Å². The second-order valence-corrected chi connectivity index (χ2v) is 10.3. The molecule has 1 aliphatic heterocycles. The molecule has 3 nitrogen and oxygen atoms in total. The summed E-state index contributed by atoms with van der Waals surface area (Å²) in [6.07, 6.45) is -1.10. The van der Waals surface area contributed by atoms with Gasteiger partial charge in [-0.25, -0.2) is 0 Å². The SMILES string of the molecule is C=CC[C@@]1(C)CC(c2cccc(Cl)c2)C(c2ccc(Cl)cc2)N(C(CC)CNCC(F)(F)F)C1=O. The molecule has 0 radical (unpaired) electrons. The van der Waals surface area contributed by atoms with Crippen molar-refractivity contribution in [1.29, 1.82) is 0 Å². The second-order valence-electron chi connectivity index (χ2n) is 9.44. The van der Waals surface area contributed by atoms with Crippen molar-refractivity contribution in [1.82, 2.24) is 10.2 Å². The van der Waals surface area contributed by atoms with Crippen molar-refractivity contribution in [2.75, 3.05) is 13.1 Å². The number of hydrogen-bond donors (Lipinski definition) is 1. The largest absolute Gasteiger partial charge is 0.401 e. The predicted octanol–water partition coefficient (Wildman–Crippen LogP) is 7.56. The van der Waals surface area contributed by atoms with Gasteiger partial charge in [-0.1, -0.05) is 67.4 Å². The normalized spacial score (nSPS) is 23.9. The highest BCUT2D eigenvalue weighted by Crippen LogP contribution is 2.52. The molecule has 1 aliphatic rings. The Labute approximate surface area is 215 Å². The van der Waals surface area contributed by atoms with Gasteiger partial charge in [-0.3, -0.25) is 4.79 Å². The summed E-state index contributed by atoms with van der Waals surface area (Å²) in [4.78, 5) is 15.9. The molecule has 1 heterocycles. The molecule has 0 saturated carbocycles. The predicted molar refractivity (Wildman–Crippen MR) is 136 cm³/mol. The minimum Gasteiger partial charge on any atom is -0.330 e. The first-order chi connectivity index (χ1) is 16.5. The molecule has 8 heteroatoms. The molecule has 4 atom stereocenters. The first-order valence-electron chi connectivity index (χ1n) is 11.7. The fraction of sp³-hybridized carbons (Fsp3) is 0.444. The van der Waals surface area contributed by atoms with Crippen LogP contribution in [0.5, 0.6) is 0 Å². The number of rotatable bonds is 9. The Hall–Kier alpha value is -2.02. The molecule has 1 fully saturated rings. The number of nitrogens with one attached hydrogen (secondary N) is 1. The molecule has 35 heavy (non-hydrogen) atoms. The van der Waals surface area contributed by atoms with Gasteiger partial charge in [0.25, 0.3) is 0 Å². The van der Waals surface area contributed by atoms with Crippen molar-refractivity contribution < 1.29 is 18.0 Å². The van der Waals surface area contributed by atoms with E-state index in [9.17, 15) is 18.0 Å². The van der Waals surface area contributed by atoms with Crippen LogP contribution in [0.2, 0.25) is 10.0 Å². The van der Waals surface area contributed by atoms with Crippen molar-refractivity contribution in [3.05, 3.63) is 82.4 Å². The number of allylic oxidation sites excluding steroid dienone is 1. The highest BCUT2D eigenvalue weighted by atomic mass is 35.5. The van der Waals surface area contributed by atoms with Crippen LogP contribution < -0.4 is 5.32 Å². The molecule has 0 spiro atoms. The van der Waals surface area contributed by atoms with Crippen LogP contribution in [-0.4, -0.2) is 36.1 Å². The summed E-state index contributed by atoms with van der Waals surface area (Å²) in [5.41, 5.74) is 1.10. The summed E-state index contributed by atoms with van der Waals surface area (Å²) in [6, 6.07) is 14.0. The summed E-state index contributed by atoms with van der Waals surface area (Å²) in [5.74, 6) is -0.217. The van der Waals surface area contributed by atoms with Crippen LogP contribution in [0.15, 0.2) is 61.2 Å². The number of benzene rings is 2. The number of likely N-dealkylation sites (tertiary alicyclic amines) is 1. The molecule has 1 amide bonds. The lowest BCUT2D eigenvalue weighted by molar-refractivity contribution is -0.154. The first-order valence-corrected chi connectivity index (χ1v) is 12.5. The van der Waals surface area contributed by atoms with Gasteiger partial charge in [-0.05, 0) is 54.7 Å². The van der Waals surface area contributed by atoms with Crippen molar-refractivity contribution in [3.63, 3.8) is 0 Å². The number of hydrogen-bond acceptors (Lipinski definition) is 2. The summed E-state index contributed by atoms with van der Waals surface area (Å²) in [6.45, 7) is 6.57. The van der Waals surface area contributed by atoms with E-state index in [-0.39, 0.29) is 18.4 Å². The molecule has 2 aromatic carbocycles.